The van der Waals surface area contributed by atoms with Crippen molar-refractivity contribution in [2.24, 2.45) is 5.41 Å². The maximum Gasteiger partial charge on any atom is 0.0829 e. The van der Waals surface area contributed by atoms with Crippen LogP contribution in [0, 0.1) is 5.41 Å². The van der Waals surface area contributed by atoms with Crippen molar-refractivity contribution < 1.29 is 14.2 Å². The normalized spacial score (nSPS) is 23.8. The minimum absolute atomic E-state index is 0.00381. The van der Waals surface area contributed by atoms with E-state index in [1.54, 1.807) is 0 Å². The summed E-state index contributed by atoms with van der Waals surface area (Å²) in [6.45, 7) is 21.8. The molecule has 2 heterocycles. The predicted octanol–water partition coefficient (Wildman–Crippen LogP) is 3.95. The van der Waals surface area contributed by atoms with Gasteiger partial charge in [-0.3, -0.25) is 4.90 Å². The van der Waals surface area contributed by atoms with E-state index < -0.39 is 0 Å². The van der Waals surface area contributed by atoms with Crippen LogP contribution in [0.1, 0.15) is 73.6 Å². The maximum absolute atomic E-state index is 6.08. The first-order chi connectivity index (χ1) is 13.5. The molecule has 0 bridgehead atoms. The van der Waals surface area contributed by atoms with Crippen molar-refractivity contribution in [1.82, 2.24) is 9.80 Å². The Bertz CT molecular complexity index is 491. The van der Waals surface area contributed by atoms with Gasteiger partial charge in [0.25, 0.3) is 0 Å². The molecule has 1 spiro atoms. The third-order valence-corrected chi connectivity index (χ3v) is 6.56. The monoisotopic (exact) mass is 410 g/mol. The van der Waals surface area contributed by atoms with E-state index in [-0.39, 0.29) is 11.1 Å². The Kier molecular flexibility index (Phi) is 7.70. The lowest BCUT2D eigenvalue weighted by Crippen LogP contribution is -2.64. The molecule has 5 nitrogen and oxygen atoms in total. The summed E-state index contributed by atoms with van der Waals surface area (Å²) in [5.74, 6) is 0. The van der Waals surface area contributed by atoms with Crippen LogP contribution in [0.2, 0.25) is 0 Å². The Hall–Kier alpha value is -0.200. The molecule has 3 fully saturated rings. The van der Waals surface area contributed by atoms with E-state index in [0.717, 1.165) is 52.2 Å². The van der Waals surface area contributed by atoms with Gasteiger partial charge in [-0.05, 0) is 73.6 Å². The molecule has 0 N–H and O–H groups in total. The molecule has 2 aliphatic heterocycles. The summed E-state index contributed by atoms with van der Waals surface area (Å²) in [4.78, 5) is 5.06. The van der Waals surface area contributed by atoms with Gasteiger partial charge in [0.05, 0.1) is 17.8 Å². The zero-order chi connectivity index (χ0) is 21.1. The zero-order valence-electron chi connectivity index (χ0n) is 20.0. The van der Waals surface area contributed by atoms with Gasteiger partial charge in [-0.1, -0.05) is 0 Å². The van der Waals surface area contributed by atoms with Crippen LogP contribution >= 0.6 is 0 Å². The summed E-state index contributed by atoms with van der Waals surface area (Å²) in [5, 5.41) is 0. The lowest BCUT2D eigenvalue weighted by atomic mass is 9.61. The summed E-state index contributed by atoms with van der Waals surface area (Å²) in [5.41, 5.74) is 0.871. The summed E-state index contributed by atoms with van der Waals surface area (Å²) in [6, 6.07) is 0. The summed E-state index contributed by atoms with van der Waals surface area (Å²) in [7, 11) is 0. The summed E-state index contributed by atoms with van der Waals surface area (Å²) < 4.78 is 17.8. The van der Waals surface area contributed by atoms with Gasteiger partial charge in [0, 0.05) is 63.5 Å². The standard InChI is InChI=1S/C24H46N2O3/c1-22(2,3)26-16-21(17-26)28-13-8-7-11-27-12-9-10-25-18-24(19-25)14-20(15-24)29-23(4,5)6/h20-21H,7-19H2,1-6H3. The number of nitrogens with zero attached hydrogens (tertiary/aromatic N) is 2. The van der Waals surface area contributed by atoms with E-state index in [0.29, 0.717) is 17.6 Å². The van der Waals surface area contributed by atoms with Crippen molar-refractivity contribution in [3.8, 4) is 0 Å². The fraction of sp³-hybridized carbons (Fsp3) is 1.00. The van der Waals surface area contributed by atoms with Crippen LogP contribution in [0.15, 0.2) is 0 Å². The van der Waals surface area contributed by atoms with Gasteiger partial charge in [0.15, 0.2) is 0 Å². The zero-order valence-corrected chi connectivity index (χ0v) is 20.0. The highest BCUT2D eigenvalue weighted by Gasteiger charge is 2.53. The van der Waals surface area contributed by atoms with Gasteiger partial charge in [-0.15, -0.1) is 0 Å². The van der Waals surface area contributed by atoms with E-state index in [9.17, 15) is 0 Å². The third-order valence-electron chi connectivity index (χ3n) is 6.56. The van der Waals surface area contributed by atoms with Crippen LogP contribution in [-0.4, -0.2) is 85.7 Å². The van der Waals surface area contributed by atoms with E-state index in [1.807, 2.05) is 0 Å². The number of ether oxygens (including phenoxy) is 3. The first-order valence-corrected chi connectivity index (χ1v) is 11.9. The molecule has 2 saturated heterocycles. The van der Waals surface area contributed by atoms with E-state index in [2.05, 4.69) is 51.3 Å². The number of unbranched alkanes of at least 4 members (excludes halogenated alkanes) is 1. The van der Waals surface area contributed by atoms with Gasteiger partial charge in [-0.2, -0.15) is 0 Å². The molecule has 0 radical (unpaired) electrons. The fourth-order valence-corrected chi connectivity index (χ4v) is 4.95. The number of rotatable bonds is 11. The molecule has 0 unspecified atom stereocenters. The van der Waals surface area contributed by atoms with Crippen molar-refractivity contribution in [3.05, 3.63) is 0 Å². The molecule has 0 aromatic heterocycles. The third kappa shape index (κ3) is 7.17. The number of hydrogen-bond acceptors (Lipinski definition) is 5. The Morgan fingerprint density at radius 3 is 2.07 bits per heavy atom. The lowest BCUT2D eigenvalue weighted by molar-refractivity contribution is -0.186. The van der Waals surface area contributed by atoms with Crippen molar-refractivity contribution in [1.29, 1.82) is 0 Å². The molecular weight excluding hydrogens is 364 g/mol. The Labute approximate surface area is 179 Å². The SMILES string of the molecule is CC(C)(C)OC1CC2(C1)CN(CCCOCCCCOC1CN(C(C)(C)C)C1)C2. The second-order valence-electron chi connectivity index (χ2n) is 11.7. The van der Waals surface area contributed by atoms with E-state index in [1.165, 1.54) is 32.5 Å². The quantitative estimate of drug-likeness (QED) is 0.482. The number of hydrogen-bond donors (Lipinski definition) is 0. The second kappa shape index (κ2) is 9.52. The summed E-state index contributed by atoms with van der Waals surface area (Å²) in [6.07, 6.45) is 6.82. The van der Waals surface area contributed by atoms with Gasteiger partial charge in [-0.25, -0.2) is 0 Å². The molecule has 5 heteroatoms. The predicted molar refractivity (Wildman–Crippen MR) is 118 cm³/mol. The maximum atomic E-state index is 6.08. The Balaban J connectivity index is 1.07. The Morgan fingerprint density at radius 1 is 0.828 bits per heavy atom. The van der Waals surface area contributed by atoms with Gasteiger partial charge in [0.2, 0.25) is 0 Å². The van der Waals surface area contributed by atoms with Crippen LogP contribution in [0.4, 0.5) is 0 Å². The molecule has 29 heavy (non-hydrogen) atoms. The smallest absolute Gasteiger partial charge is 0.0829 e. The average Bonchev–Trinajstić information content (AvgIpc) is 2.47. The minimum atomic E-state index is 0.00381. The molecule has 0 aromatic rings. The van der Waals surface area contributed by atoms with Crippen LogP contribution in [0.3, 0.4) is 0 Å². The molecular formula is C24H46N2O3. The molecule has 1 aliphatic carbocycles. The van der Waals surface area contributed by atoms with Gasteiger partial charge < -0.3 is 19.1 Å². The second-order valence-corrected chi connectivity index (χ2v) is 11.7. The first-order valence-electron chi connectivity index (χ1n) is 11.9. The highest BCUT2D eigenvalue weighted by Crippen LogP contribution is 2.50. The van der Waals surface area contributed by atoms with Gasteiger partial charge in [0.1, 0.15) is 0 Å². The lowest BCUT2D eigenvalue weighted by Gasteiger charge is -2.59. The fourth-order valence-electron chi connectivity index (χ4n) is 4.95. The molecule has 0 aromatic carbocycles. The van der Waals surface area contributed by atoms with Crippen LogP contribution < -0.4 is 0 Å². The molecule has 3 rings (SSSR count). The van der Waals surface area contributed by atoms with E-state index in [4.69, 9.17) is 14.2 Å². The van der Waals surface area contributed by atoms with Crippen LogP contribution in [0.5, 0.6) is 0 Å². The first kappa shape index (κ1) is 23.5. The molecule has 170 valence electrons. The minimum Gasteiger partial charge on any atom is -0.381 e. The topological polar surface area (TPSA) is 34.2 Å². The van der Waals surface area contributed by atoms with Gasteiger partial charge >= 0.3 is 0 Å². The van der Waals surface area contributed by atoms with Crippen molar-refractivity contribution >= 4 is 0 Å². The van der Waals surface area contributed by atoms with Crippen LogP contribution in [0.25, 0.3) is 0 Å². The molecule has 1 saturated carbocycles. The Morgan fingerprint density at radius 2 is 1.45 bits per heavy atom. The molecule has 3 aliphatic rings. The average molecular weight is 411 g/mol. The highest BCUT2D eigenvalue weighted by molar-refractivity contribution is 5.05. The largest absolute Gasteiger partial charge is 0.381 e. The molecule has 0 atom stereocenters. The van der Waals surface area contributed by atoms with Crippen molar-refractivity contribution in [2.75, 3.05) is 52.5 Å². The summed E-state index contributed by atoms with van der Waals surface area (Å²) >= 11 is 0. The van der Waals surface area contributed by atoms with Crippen LogP contribution in [-0.2, 0) is 14.2 Å². The molecule has 0 amide bonds. The van der Waals surface area contributed by atoms with Crippen molar-refractivity contribution in [2.45, 2.75) is 97.0 Å². The van der Waals surface area contributed by atoms with Crippen molar-refractivity contribution in [3.63, 3.8) is 0 Å². The van der Waals surface area contributed by atoms with E-state index >= 15 is 0 Å². The number of likely N-dealkylation sites (tertiary alicyclic amines) is 2. The highest BCUT2D eigenvalue weighted by atomic mass is 16.5.